The van der Waals surface area contributed by atoms with E-state index >= 15 is 0 Å². The Morgan fingerprint density at radius 2 is 1.26 bits per heavy atom. The summed E-state index contributed by atoms with van der Waals surface area (Å²) in [6, 6.07) is 27.3. The number of carbonyl (C=O) groups is 1. The molecule has 0 fully saturated rings. The number of rotatable bonds is 7. The lowest BCUT2D eigenvalue weighted by Gasteiger charge is -2.09. The Balaban J connectivity index is 1.38. The van der Waals surface area contributed by atoms with Gasteiger partial charge in [-0.25, -0.2) is 0 Å². The smallest absolute Gasteiger partial charge is 0.150 e. The van der Waals surface area contributed by atoms with Crippen LogP contribution >= 0.6 is 23.5 Å². The monoisotopic (exact) mass is 388 g/mol. The number of carbonyl (C=O) groups excluding carboxylic acids is 1. The third-order valence-corrected chi connectivity index (χ3v) is 6.92. The molecule has 3 heteroatoms. The lowest BCUT2D eigenvalue weighted by Crippen LogP contribution is -1.88. The fraction of sp³-hybridized carbons (Fsp3) is 0.125. The number of aldehydes is 1. The Kier molecular flexibility index (Phi) is 5.81. The van der Waals surface area contributed by atoms with Crippen molar-refractivity contribution in [2.45, 2.75) is 16.2 Å². The Hall–Kier alpha value is -2.23. The van der Waals surface area contributed by atoms with Crippen LogP contribution in [0.2, 0.25) is 0 Å². The van der Waals surface area contributed by atoms with E-state index in [1.807, 2.05) is 47.8 Å². The number of fused-ring (bicyclic) bond motifs is 2. The summed E-state index contributed by atoms with van der Waals surface area (Å²) in [5.41, 5.74) is 0.765. The van der Waals surface area contributed by atoms with E-state index < -0.39 is 0 Å². The highest BCUT2D eigenvalue weighted by Gasteiger charge is 2.06. The molecule has 0 heterocycles. The molecule has 0 saturated carbocycles. The van der Waals surface area contributed by atoms with E-state index in [4.69, 9.17) is 0 Å². The molecule has 0 aliphatic rings. The number of hydrogen-bond donors (Lipinski definition) is 0. The van der Waals surface area contributed by atoms with Gasteiger partial charge in [-0.1, -0.05) is 60.7 Å². The van der Waals surface area contributed by atoms with Gasteiger partial charge in [0.1, 0.15) is 0 Å². The molecule has 0 N–H and O–H groups in total. The van der Waals surface area contributed by atoms with Crippen LogP contribution in [-0.2, 0) is 0 Å². The van der Waals surface area contributed by atoms with Crippen LogP contribution in [0.25, 0.3) is 21.5 Å². The van der Waals surface area contributed by atoms with Crippen LogP contribution < -0.4 is 0 Å². The summed E-state index contributed by atoms with van der Waals surface area (Å²) >= 11 is 3.81. The zero-order valence-corrected chi connectivity index (χ0v) is 16.6. The molecule has 1 nitrogen and oxygen atoms in total. The second-order valence-corrected chi connectivity index (χ2v) is 8.62. The van der Waals surface area contributed by atoms with Gasteiger partial charge in [0.2, 0.25) is 0 Å². The van der Waals surface area contributed by atoms with Crippen molar-refractivity contribution in [2.24, 2.45) is 0 Å². The van der Waals surface area contributed by atoms with Gasteiger partial charge in [0.15, 0.2) is 6.29 Å². The fourth-order valence-electron chi connectivity index (χ4n) is 3.27. The number of hydrogen-bond acceptors (Lipinski definition) is 3. The van der Waals surface area contributed by atoms with Crippen LogP contribution in [0, 0.1) is 0 Å². The molecule has 0 aromatic heterocycles. The van der Waals surface area contributed by atoms with Gasteiger partial charge in [0.05, 0.1) is 0 Å². The molecule has 0 spiro atoms. The van der Waals surface area contributed by atoms with Gasteiger partial charge in [-0.15, -0.1) is 23.5 Å². The van der Waals surface area contributed by atoms with E-state index in [1.165, 1.54) is 25.9 Å². The van der Waals surface area contributed by atoms with E-state index in [-0.39, 0.29) is 0 Å². The maximum Gasteiger partial charge on any atom is 0.150 e. The normalized spacial score (nSPS) is 11.1. The number of thioether (sulfide) groups is 2. The molecular formula is C24H20OS2. The summed E-state index contributed by atoms with van der Waals surface area (Å²) in [6.45, 7) is 0. The molecule has 4 aromatic rings. The predicted octanol–water partition coefficient (Wildman–Crippen LogP) is 7.08. The summed E-state index contributed by atoms with van der Waals surface area (Å²) in [5.74, 6) is 2.17. The third kappa shape index (κ3) is 4.05. The second kappa shape index (κ2) is 8.64. The molecule has 0 aliphatic heterocycles. The highest BCUT2D eigenvalue weighted by atomic mass is 32.2. The third-order valence-electron chi connectivity index (χ3n) is 4.60. The average molecular weight is 389 g/mol. The van der Waals surface area contributed by atoms with Crippen LogP contribution in [-0.4, -0.2) is 17.8 Å². The van der Waals surface area contributed by atoms with Crippen molar-refractivity contribution < 1.29 is 4.79 Å². The van der Waals surface area contributed by atoms with Gasteiger partial charge < -0.3 is 0 Å². The highest BCUT2D eigenvalue weighted by molar-refractivity contribution is 8.00. The van der Waals surface area contributed by atoms with Crippen LogP contribution in [0.15, 0.2) is 88.7 Å². The van der Waals surface area contributed by atoms with Crippen molar-refractivity contribution >= 4 is 51.4 Å². The first-order valence-corrected chi connectivity index (χ1v) is 11.0. The zero-order valence-electron chi connectivity index (χ0n) is 14.9. The predicted molar refractivity (Wildman–Crippen MR) is 119 cm³/mol. The van der Waals surface area contributed by atoms with Crippen molar-refractivity contribution in [3.05, 3.63) is 84.4 Å². The maximum atomic E-state index is 11.2. The van der Waals surface area contributed by atoms with Crippen LogP contribution in [0.3, 0.4) is 0 Å². The van der Waals surface area contributed by atoms with Crippen LogP contribution in [0.1, 0.15) is 16.8 Å². The molecular weight excluding hydrogens is 368 g/mol. The summed E-state index contributed by atoms with van der Waals surface area (Å²) in [6.07, 6.45) is 2.08. The van der Waals surface area contributed by atoms with E-state index in [0.717, 1.165) is 35.2 Å². The molecule has 0 aliphatic carbocycles. The molecule has 0 radical (unpaired) electrons. The SMILES string of the molecule is O=Cc1ccc(SCCCSc2cccc3ccccc23)c2ccccc12. The molecule has 0 bridgehead atoms. The van der Waals surface area contributed by atoms with E-state index in [1.54, 1.807) is 0 Å². The van der Waals surface area contributed by atoms with E-state index in [2.05, 4.69) is 54.6 Å². The minimum Gasteiger partial charge on any atom is -0.298 e. The standard InChI is InChI=1S/C24H20OS2/c25-17-19-13-14-24(22-11-4-3-9-20(19)22)27-16-6-15-26-23-12-5-8-18-7-1-2-10-21(18)23/h1-5,7-14,17H,6,15-16H2. The van der Waals surface area contributed by atoms with Gasteiger partial charge in [-0.05, 0) is 57.7 Å². The summed E-state index contributed by atoms with van der Waals surface area (Å²) in [4.78, 5) is 13.9. The minimum absolute atomic E-state index is 0.765. The zero-order chi connectivity index (χ0) is 18.5. The van der Waals surface area contributed by atoms with Gasteiger partial charge in [-0.3, -0.25) is 4.79 Å². The van der Waals surface area contributed by atoms with Crippen molar-refractivity contribution in [2.75, 3.05) is 11.5 Å². The first-order valence-electron chi connectivity index (χ1n) is 9.07. The van der Waals surface area contributed by atoms with Crippen molar-refractivity contribution in [3.8, 4) is 0 Å². The highest BCUT2D eigenvalue weighted by Crippen LogP contribution is 2.32. The van der Waals surface area contributed by atoms with E-state index in [9.17, 15) is 4.79 Å². The Bertz CT molecular complexity index is 1080. The average Bonchev–Trinajstić information content (AvgIpc) is 2.73. The maximum absolute atomic E-state index is 11.2. The first kappa shape index (κ1) is 18.1. The molecule has 27 heavy (non-hydrogen) atoms. The Morgan fingerprint density at radius 1 is 0.630 bits per heavy atom. The largest absolute Gasteiger partial charge is 0.298 e. The van der Waals surface area contributed by atoms with Crippen molar-refractivity contribution in [3.63, 3.8) is 0 Å². The lowest BCUT2D eigenvalue weighted by atomic mass is 10.1. The van der Waals surface area contributed by atoms with Gasteiger partial charge >= 0.3 is 0 Å². The Labute approximate surface area is 168 Å². The van der Waals surface area contributed by atoms with Crippen LogP contribution in [0.5, 0.6) is 0 Å². The minimum atomic E-state index is 0.765. The van der Waals surface area contributed by atoms with Gasteiger partial charge in [0.25, 0.3) is 0 Å². The number of benzene rings is 4. The van der Waals surface area contributed by atoms with E-state index in [0.29, 0.717) is 0 Å². The van der Waals surface area contributed by atoms with Crippen molar-refractivity contribution in [1.29, 1.82) is 0 Å². The van der Waals surface area contributed by atoms with Crippen LogP contribution in [0.4, 0.5) is 0 Å². The van der Waals surface area contributed by atoms with Gasteiger partial charge in [-0.2, -0.15) is 0 Å². The van der Waals surface area contributed by atoms with Gasteiger partial charge in [0, 0.05) is 15.4 Å². The molecule has 134 valence electrons. The summed E-state index contributed by atoms with van der Waals surface area (Å²) < 4.78 is 0. The Morgan fingerprint density at radius 3 is 2.04 bits per heavy atom. The molecule has 4 rings (SSSR count). The fourth-order valence-corrected chi connectivity index (χ4v) is 5.48. The topological polar surface area (TPSA) is 17.1 Å². The summed E-state index contributed by atoms with van der Waals surface area (Å²) in [5, 5.41) is 4.86. The second-order valence-electron chi connectivity index (χ2n) is 6.34. The molecule has 0 amide bonds. The molecule has 4 aromatic carbocycles. The summed E-state index contributed by atoms with van der Waals surface area (Å²) in [7, 11) is 0. The molecule has 0 saturated heterocycles. The lowest BCUT2D eigenvalue weighted by molar-refractivity contribution is 0.112. The molecule has 0 unspecified atom stereocenters. The van der Waals surface area contributed by atoms with Crippen molar-refractivity contribution in [1.82, 2.24) is 0 Å². The quantitative estimate of drug-likeness (QED) is 0.191. The molecule has 0 atom stereocenters. The first-order chi connectivity index (χ1) is 13.4.